The lowest BCUT2D eigenvalue weighted by Gasteiger charge is -2.27. The number of rotatable bonds is 4. The highest BCUT2D eigenvalue weighted by Gasteiger charge is 2.27. The van der Waals surface area contributed by atoms with Gasteiger partial charge in [-0.3, -0.25) is 9.69 Å². The number of carbonyl (C=O) groups is 1. The highest BCUT2D eigenvalue weighted by Crippen LogP contribution is 2.28. The molecule has 0 aromatic carbocycles. The molecule has 0 spiro atoms. The first-order chi connectivity index (χ1) is 8.70. The minimum Gasteiger partial charge on any atom is -0.354 e. The molecule has 2 rings (SSSR count). The summed E-state index contributed by atoms with van der Waals surface area (Å²) < 4.78 is 0. The zero-order valence-corrected chi connectivity index (χ0v) is 12.0. The van der Waals surface area contributed by atoms with Gasteiger partial charge in [-0.25, -0.2) is 0 Å². The van der Waals surface area contributed by atoms with Crippen LogP contribution in [0.15, 0.2) is 0 Å². The predicted octanol–water partition coefficient (Wildman–Crippen LogP) is 2.41. The number of nitrogens with one attached hydrogen (secondary N) is 1. The first-order valence-electron chi connectivity index (χ1n) is 7.72. The maximum atomic E-state index is 12.1. The van der Waals surface area contributed by atoms with Crippen LogP contribution in [0.2, 0.25) is 0 Å². The molecule has 1 amide bonds. The summed E-state index contributed by atoms with van der Waals surface area (Å²) in [5.41, 5.74) is 0. The molecule has 0 aromatic heterocycles. The quantitative estimate of drug-likeness (QED) is 0.833. The van der Waals surface area contributed by atoms with E-state index in [0.717, 1.165) is 31.8 Å². The van der Waals surface area contributed by atoms with Gasteiger partial charge >= 0.3 is 0 Å². The molecule has 1 aliphatic carbocycles. The van der Waals surface area contributed by atoms with E-state index in [1.807, 2.05) is 0 Å². The van der Waals surface area contributed by atoms with E-state index in [9.17, 15) is 4.79 Å². The minimum absolute atomic E-state index is 0.290. The fourth-order valence-corrected chi connectivity index (χ4v) is 3.43. The Labute approximate surface area is 111 Å². The van der Waals surface area contributed by atoms with Crippen LogP contribution in [0.25, 0.3) is 0 Å². The van der Waals surface area contributed by atoms with Crippen molar-refractivity contribution < 1.29 is 4.79 Å². The lowest BCUT2D eigenvalue weighted by Crippen LogP contribution is -2.42. The Morgan fingerprint density at radius 2 is 1.94 bits per heavy atom. The summed E-state index contributed by atoms with van der Waals surface area (Å²) in [5.74, 6) is 1.42. The third-order valence-corrected chi connectivity index (χ3v) is 4.80. The van der Waals surface area contributed by atoms with Gasteiger partial charge in [-0.2, -0.15) is 0 Å². The van der Waals surface area contributed by atoms with Crippen LogP contribution in [0.3, 0.4) is 0 Å². The monoisotopic (exact) mass is 252 g/mol. The summed E-state index contributed by atoms with van der Waals surface area (Å²) >= 11 is 0. The Bertz CT molecular complexity index is 272. The van der Waals surface area contributed by atoms with Gasteiger partial charge in [0.05, 0.1) is 0 Å². The van der Waals surface area contributed by atoms with E-state index in [1.54, 1.807) is 0 Å². The lowest BCUT2D eigenvalue weighted by molar-refractivity contribution is -0.126. The van der Waals surface area contributed by atoms with Crippen molar-refractivity contribution >= 4 is 5.91 Å². The maximum Gasteiger partial charge on any atom is 0.223 e. The molecule has 1 N–H and O–H groups in total. The van der Waals surface area contributed by atoms with Gasteiger partial charge in [0.25, 0.3) is 0 Å². The van der Waals surface area contributed by atoms with E-state index in [1.165, 1.54) is 32.2 Å². The number of likely N-dealkylation sites (tertiary alicyclic amines) is 1. The topological polar surface area (TPSA) is 32.3 Å². The van der Waals surface area contributed by atoms with Gasteiger partial charge in [-0.05, 0) is 57.5 Å². The molecule has 3 nitrogen and oxygen atoms in total. The molecule has 1 heterocycles. The van der Waals surface area contributed by atoms with Gasteiger partial charge in [0.15, 0.2) is 0 Å². The van der Waals surface area contributed by atoms with Crippen molar-refractivity contribution in [2.45, 2.75) is 58.4 Å². The van der Waals surface area contributed by atoms with Crippen molar-refractivity contribution in [1.82, 2.24) is 10.2 Å². The zero-order valence-electron chi connectivity index (χ0n) is 12.0. The van der Waals surface area contributed by atoms with Crippen molar-refractivity contribution in [2.75, 3.05) is 19.6 Å². The van der Waals surface area contributed by atoms with Crippen molar-refractivity contribution in [3.63, 3.8) is 0 Å². The van der Waals surface area contributed by atoms with E-state index in [2.05, 4.69) is 24.1 Å². The summed E-state index contributed by atoms with van der Waals surface area (Å²) in [6.45, 7) is 7.69. The molecule has 0 radical (unpaired) electrons. The number of carbonyl (C=O) groups excluding carboxylic acids is 1. The summed E-state index contributed by atoms with van der Waals surface area (Å²) in [6, 6.07) is 0.585. The Hall–Kier alpha value is -0.570. The van der Waals surface area contributed by atoms with Crippen LogP contribution in [0.5, 0.6) is 0 Å². The average molecular weight is 252 g/mol. The highest BCUT2D eigenvalue weighted by molar-refractivity contribution is 5.78. The van der Waals surface area contributed by atoms with Crippen LogP contribution in [0, 0.1) is 11.8 Å². The van der Waals surface area contributed by atoms with Crippen LogP contribution in [-0.2, 0) is 4.79 Å². The molecule has 0 aromatic rings. The molecule has 3 heteroatoms. The normalized spacial score (nSPS) is 33.6. The first kappa shape index (κ1) is 13.9. The van der Waals surface area contributed by atoms with Crippen molar-refractivity contribution in [3.05, 3.63) is 0 Å². The molecule has 1 unspecified atom stereocenters. The second kappa shape index (κ2) is 6.55. The van der Waals surface area contributed by atoms with Crippen molar-refractivity contribution in [3.8, 4) is 0 Å². The third kappa shape index (κ3) is 3.47. The summed E-state index contributed by atoms with van der Waals surface area (Å²) in [4.78, 5) is 14.6. The second-order valence-electron chi connectivity index (χ2n) is 6.13. The molecular formula is C15H28N2O. The summed E-state index contributed by atoms with van der Waals surface area (Å²) in [6.07, 6.45) is 7.17. The summed E-state index contributed by atoms with van der Waals surface area (Å²) in [5, 5.41) is 3.19. The Morgan fingerprint density at radius 1 is 1.22 bits per heavy atom. The predicted molar refractivity (Wildman–Crippen MR) is 74.4 cm³/mol. The smallest absolute Gasteiger partial charge is 0.223 e. The van der Waals surface area contributed by atoms with Gasteiger partial charge in [-0.1, -0.05) is 13.8 Å². The van der Waals surface area contributed by atoms with E-state index in [0.29, 0.717) is 11.9 Å². The average Bonchev–Trinajstić information content (AvgIpc) is 2.84. The maximum absolute atomic E-state index is 12.1. The van der Waals surface area contributed by atoms with Gasteiger partial charge in [0.1, 0.15) is 0 Å². The third-order valence-electron chi connectivity index (χ3n) is 4.80. The molecule has 1 saturated heterocycles. The van der Waals surface area contributed by atoms with Crippen LogP contribution in [-0.4, -0.2) is 36.5 Å². The molecular weight excluding hydrogens is 224 g/mol. The Kier molecular flexibility index (Phi) is 5.04. The number of hydrogen-bond acceptors (Lipinski definition) is 2. The van der Waals surface area contributed by atoms with E-state index < -0.39 is 0 Å². The van der Waals surface area contributed by atoms with Crippen LogP contribution in [0.4, 0.5) is 0 Å². The lowest BCUT2D eigenvalue weighted by atomic mass is 9.82. The number of likely N-dealkylation sites (N-methyl/N-ethyl adjacent to an activating group) is 1. The fourth-order valence-electron chi connectivity index (χ4n) is 3.43. The summed E-state index contributed by atoms with van der Waals surface area (Å²) in [7, 11) is 0. The van der Waals surface area contributed by atoms with Gasteiger partial charge in [-0.15, -0.1) is 0 Å². The van der Waals surface area contributed by atoms with E-state index in [4.69, 9.17) is 0 Å². The molecule has 1 aliphatic heterocycles. The minimum atomic E-state index is 0.290. The molecule has 2 fully saturated rings. The van der Waals surface area contributed by atoms with Gasteiger partial charge in [0.2, 0.25) is 5.91 Å². The Morgan fingerprint density at radius 3 is 2.61 bits per heavy atom. The van der Waals surface area contributed by atoms with Gasteiger partial charge in [0, 0.05) is 18.5 Å². The SMILES string of the molecule is CCN1CCCC1CNC(=O)C1CCC(C)CC1. The molecule has 1 saturated carbocycles. The second-order valence-corrected chi connectivity index (χ2v) is 6.13. The fraction of sp³-hybridized carbons (Fsp3) is 0.933. The first-order valence-corrected chi connectivity index (χ1v) is 7.72. The molecule has 18 heavy (non-hydrogen) atoms. The van der Waals surface area contributed by atoms with Gasteiger partial charge < -0.3 is 5.32 Å². The molecule has 1 atom stereocenters. The van der Waals surface area contributed by atoms with Crippen molar-refractivity contribution in [1.29, 1.82) is 0 Å². The molecule has 0 bridgehead atoms. The van der Waals surface area contributed by atoms with E-state index in [-0.39, 0.29) is 5.92 Å². The largest absolute Gasteiger partial charge is 0.354 e. The standard InChI is InChI=1S/C15H28N2O/c1-3-17-10-4-5-14(17)11-16-15(18)13-8-6-12(2)7-9-13/h12-14H,3-11H2,1-2H3,(H,16,18). The zero-order chi connectivity index (χ0) is 13.0. The highest BCUT2D eigenvalue weighted by atomic mass is 16.1. The van der Waals surface area contributed by atoms with Crippen LogP contribution < -0.4 is 5.32 Å². The number of nitrogens with zero attached hydrogens (tertiary/aromatic N) is 1. The Balaban J connectivity index is 1.71. The van der Waals surface area contributed by atoms with Crippen LogP contribution >= 0.6 is 0 Å². The van der Waals surface area contributed by atoms with Crippen LogP contribution in [0.1, 0.15) is 52.4 Å². The molecule has 2 aliphatic rings. The molecule has 104 valence electrons. The van der Waals surface area contributed by atoms with E-state index >= 15 is 0 Å². The van der Waals surface area contributed by atoms with Crippen molar-refractivity contribution in [2.24, 2.45) is 11.8 Å². The number of hydrogen-bond donors (Lipinski definition) is 1. The number of amides is 1.